The van der Waals surface area contributed by atoms with Gasteiger partial charge in [0.1, 0.15) is 11.4 Å². The second-order valence-corrected chi connectivity index (χ2v) is 13.1. The zero-order valence-corrected chi connectivity index (χ0v) is 25.1. The van der Waals surface area contributed by atoms with Gasteiger partial charge in [-0.15, -0.1) is 24.8 Å². The molecule has 5 aliphatic rings. The Hall–Kier alpha value is -1.51. The van der Waals surface area contributed by atoms with E-state index in [2.05, 4.69) is 16.7 Å². The number of carbonyl (C=O) groups is 2. The summed E-state index contributed by atoms with van der Waals surface area (Å²) in [6, 6.07) is 6.52. The molecule has 0 radical (unpaired) electrons. The molecule has 3 saturated carbocycles. The lowest BCUT2D eigenvalue weighted by Gasteiger charge is -2.60. The summed E-state index contributed by atoms with van der Waals surface area (Å²) in [5, 5.41) is 23.7. The van der Waals surface area contributed by atoms with Gasteiger partial charge >= 0.3 is 0 Å². The van der Waals surface area contributed by atoms with Crippen molar-refractivity contribution in [3.63, 3.8) is 0 Å². The highest BCUT2D eigenvalue weighted by molar-refractivity contribution is 5.92. The fourth-order valence-corrected chi connectivity index (χ4v) is 9.30. The maximum atomic E-state index is 13.8. The number of anilines is 1. The molecule has 1 aliphatic heterocycles. The van der Waals surface area contributed by atoms with Gasteiger partial charge in [0, 0.05) is 43.7 Å². The molecule has 6 rings (SSSR count). The standard InChI is InChI=1S/C31H41FN2O4.2ClH/c1-29-11-9-23(35)17-20(29)3-8-24-25-10-12-31(38,30(25,2)18-26(36)28(24)29)27(37)19-33-13-15-34(16-14-33)22-6-4-21(32)5-7-22;;/h4-7,17,24-26,28,36,38H,3,8-16,18-19H2,1-2H3;2*1H/t24-,25-,26?,28+,29-,30-,31-;;/m0../s1. The summed E-state index contributed by atoms with van der Waals surface area (Å²) in [6.45, 7) is 7.40. The number of aliphatic hydroxyl groups is 2. The number of carbonyl (C=O) groups excluding carboxylic acids is 2. The van der Waals surface area contributed by atoms with Gasteiger partial charge in [-0.05, 0) is 92.0 Å². The van der Waals surface area contributed by atoms with Gasteiger partial charge in [-0.1, -0.05) is 19.4 Å². The van der Waals surface area contributed by atoms with Gasteiger partial charge in [0.25, 0.3) is 0 Å². The minimum absolute atomic E-state index is 0. The third kappa shape index (κ3) is 4.84. The van der Waals surface area contributed by atoms with Crippen molar-refractivity contribution in [1.29, 1.82) is 0 Å². The maximum absolute atomic E-state index is 13.8. The summed E-state index contributed by atoms with van der Waals surface area (Å²) >= 11 is 0. The number of halogens is 3. The monoisotopic (exact) mass is 596 g/mol. The number of piperazine rings is 1. The molecule has 40 heavy (non-hydrogen) atoms. The van der Waals surface area contributed by atoms with Gasteiger partial charge in [-0.3, -0.25) is 14.5 Å². The van der Waals surface area contributed by atoms with E-state index < -0.39 is 17.1 Å². The molecule has 222 valence electrons. The van der Waals surface area contributed by atoms with E-state index in [1.165, 1.54) is 17.7 Å². The number of nitrogens with zero attached hydrogens (tertiary/aromatic N) is 2. The van der Waals surface area contributed by atoms with E-state index in [1.54, 1.807) is 12.1 Å². The van der Waals surface area contributed by atoms with E-state index in [0.717, 1.165) is 44.5 Å². The quantitative estimate of drug-likeness (QED) is 0.529. The summed E-state index contributed by atoms with van der Waals surface area (Å²) in [5.41, 5.74) is -0.0805. The van der Waals surface area contributed by atoms with Crippen molar-refractivity contribution in [3.8, 4) is 0 Å². The number of rotatable bonds is 4. The zero-order chi connectivity index (χ0) is 26.9. The van der Waals surface area contributed by atoms with E-state index in [9.17, 15) is 24.2 Å². The first-order chi connectivity index (χ1) is 18.0. The second-order valence-electron chi connectivity index (χ2n) is 13.1. The van der Waals surface area contributed by atoms with Crippen molar-refractivity contribution < 1.29 is 24.2 Å². The van der Waals surface area contributed by atoms with Crippen LogP contribution in [0.1, 0.15) is 58.8 Å². The van der Waals surface area contributed by atoms with Crippen LogP contribution in [0, 0.1) is 34.4 Å². The average Bonchev–Trinajstić information content (AvgIpc) is 3.16. The van der Waals surface area contributed by atoms with Crippen LogP contribution < -0.4 is 4.90 Å². The predicted molar refractivity (Wildman–Crippen MR) is 158 cm³/mol. The minimum Gasteiger partial charge on any atom is -0.393 e. The maximum Gasteiger partial charge on any atom is 0.178 e. The second kappa shape index (κ2) is 11.3. The Labute approximate surface area is 249 Å². The molecule has 7 atom stereocenters. The molecule has 4 fully saturated rings. The molecule has 9 heteroatoms. The van der Waals surface area contributed by atoms with Crippen LogP contribution in [-0.2, 0) is 9.59 Å². The summed E-state index contributed by atoms with van der Waals surface area (Å²) in [4.78, 5) is 30.3. The molecule has 1 unspecified atom stereocenters. The molecule has 0 bridgehead atoms. The first-order valence-corrected chi connectivity index (χ1v) is 14.5. The number of hydrogen-bond donors (Lipinski definition) is 2. The first kappa shape index (κ1) is 31.4. The molecule has 0 spiro atoms. The summed E-state index contributed by atoms with van der Waals surface area (Å²) in [5.74, 6) is 0.350. The molecular weight excluding hydrogens is 554 g/mol. The molecule has 1 heterocycles. The van der Waals surface area contributed by atoms with Gasteiger partial charge in [0.05, 0.1) is 12.6 Å². The van der Waals surface area contributed by atoms with Gasteiger partial charge in [-0.25, -0.2) is 4.39 Å². The largest absolute Gasteiger partial charge is 0.393 e. The number of hydrogen-bond acceptors (Lipinski definition) is 6. The third-order valence-electron chi connectivity index (χ3n) is 11.4. The minimum atomic E-state index is -1.43. The molecular formula is C31H43Cl2FN2O4. The van der Waals surface area contributed by atoms with Crippen molar-refractivity contribution in [2.75, 3.05) is 37.6 Å². The van der Waals surface area contributed by atoms with Crippen LogP contribution in [-0.4, -0.2) is 71.1 Å². The lowest BCUT2D eigenvalue weighted by Crippen LogP contribution is -2.63. The van der Waals surface area contributed by atoms with Crippen LogP contribution >= 0.6 is 24.8 Å². The molecule has 2 N–H and O–H groups in total. The summed E-state index contributed by atoms with van der Waals surface area (Å²) < 4.78 is 13.3. The fraction of sp³-hybridized carbons (Fsp3) is 0.677. The van der Waals surface area contributed by atoms with Crippen molar-refractivity contribution in [1.82, 2.24) is 4.90 Å². The Kier molecular flexibility index (Phi) is 8.87. The van der Waals surface area contributed by atoms with Crippen LogP contribution in [0.4, 0.5) is 10.1 Å². The molecule has 1 aromatic carbocycles. The van der Waals surface area contributed by atoms with Crippen LogP contribution in [0.15, 0.2) is 35.9 Å². The van der Waals surface area contributed by atoms with Crippen LogP contribution in [0.25, 0.3) is 0 Å². The van der Waals surface area contributed by atoms with E-state index in [-0.39, 0.29) is 71.9 Å². The van der Waals surface area contributed by atoms with Gasteiger partial charge in [0.15, 0.2) is 11.6 Å². The highest BCUT2D eigenvalue weighted by Crippen LogP contribution is 2.67. The highest BCUT2D eigenvalue weighted by Gasteiger charge is 2.68. The van der Waals surface area contributed by atoms with E-state index in [0.29, 0.717) is 32.4 Å². The zero-order valence-electron chi connectivity index (χ0n) is 23.5. The molecule has 0 aromatic heterocycles. The van der Waals surface area contributed by atoms with Crippen molar-refractivity contribution >= 4 is 42.1 Å². The van der Waals surface area contributed by atoms with E-state index >= 15 is 0 Å². The van der Waals surface area contributed by atoms with Crippen molar-refractivity contribution in [2.24, 2.45) is 28.6 Å². The average molecular weight is 598 g/mol. The Morgan fingerprint density at radius 3 is 2.38 bits per heavy atom. The lowest BCUT2D eigenvalue weighted by molar-refractivity contribution is -0.181. The van der Waals surface area contributed by atoms with Crippen molar-refractivity contribution in [3.05, 3.63) is 41.7 Å². The highest BCUT2D eigenvalue weighted by atomic mass is 35.5. The smallest absolute Gasteiger partial charge is 0.178 e. The lowest BCUT2D eigenvalue weighted by atomic mass is 9.45. The molecule has 1 aromatic rings. The summed E-state index contributed by atoms with van der Waals surface area (Å²) in [7, 11) is 0. The van der Waals surface area contributed by atoms with Gasteiger partial charge in [-0.2, -0.15) is 0 Å². The number of allylic oxidation sites excluding steroid dienone is 1. The van der Waals surface area contributed by atoms with Crippen LogP contribution in [0.3, 0.4) is 0 Å². The predicted octanol–water partition coefficient (Wildman–Crippen LogP) is 4.59. The Balaban J connectivity index is 0.00000185. The molecule has 0 amide bonds. The Bertz CT molecular complexity index is 1160. The number of Topliss-reactive ketones (excluding diaryl/α,β-unsaturated/α-hetero) is 1. The van der Waals surface area contributed by atoms with Gasteiger partial charge in [0.2, 0.25) is 0 Å². The SMILES string of the molecule is C[C@]12CCC(=O)C=C1CC[C@@H]1[C@@H]2C(O)C[C@@]2(C)[C@H]1CC[C@]2(O)C(=O)CN1CCN(c2ccc(F)cc2)CC1.Cl.Cl. The fourth-order valence-electron chi connectivity index (χ4n) is 9.30. The van der Waals surface area contributed by atoms with Crippen molar-refractivity contribution in [2.45, 2.75) is 70.5 Å². The molecule has 4 aliphatic carbocycles. The Morgan fingerprint density at radius 1 is 1.02 bits per heavy atom. The Morgan fingerprint density at radius 2 is 1.70 bits per heavy atom. The molecule has 6 nitrogen and oxygen atoms in total. The summed E-state index contributed by atoms with van der Waals surface area (Å²) in [6.07, 6.45) is 6.02. The number of ketones is 2. The number of fused-ring (bicyclic) bond motifs is 5. The van der Waals surface area contributed by atoms with Gasteiger partial charge < -0.3 is 15.1 Å². The molecule has 1 saturated heterocycles. The normalized spacial score (nSPS) is 39.2. The first-order valence-electron chi connectivity index (χ1n) is 14.5. The topological polar surface area (TPSA) is 81.1 Å². The van der Waals surface area contributed by atoms with Crippen LogP contribution in [0.2, 0.25) is 0 Å². The third-order valence-corrected chi connectivity index (χ3v) is 11.4. The van der Waals surface area contributed by atoms with E-state index in [4.69, 9.17) is 0 Å². The van der Waals surface area contributed by atoms with Crippen LogP contribution in [0.5, 0.6) is 0 Å². The number of benzene rings is 1. The number of aliphatic hydroxyl groups excluding tert-OH is 1. The van der Waals surface area contributed by atoms with E-state index in [1.807, 2.05) is 13.0 Å².